The van der Waals surface area contributed by atoms with Gasteiger partial charge in [0.05, 0.1) is 26.5 Å². The second-order valence-electron chi connectivity index (χ2n) is 7.24. The van der Waals surface area contributed by atoms with Gasteiger partial charge < -0.3 is 24.4 Å². The van der Waals surface area contributed by atoms with Crippen molar-refractivity contribution < 1.29 is 23.9 Å². The van der Waals surface area contributed by atoms with Crippen molar-refractivity contribution in [1.29, 1.82) is 0 Å². The van der Waals surface area contributed by atoms with Crippen molar-refractivity contribution in [3.05, 3.63) is 40.3 Å². The number of carbonyl (C=O) groups is 1. The van der Waals surface area contributed by atoms with Crippen molar-refractivity contribution in [2.45, 2.75) is 45.1 Å². The molecule has 1 aliphatic rings. The van der Waals surface area contributed by atoms with E-state index in [1.165, 1.54) is 0 Å². The lowest BCUT2D eigenvalue weighted by Crippen LogP contribution is -2.39. The summed E-state index contributed by atoms with van der Waals surface area (Å²) in [7, 11) is 3.14. The predicted octanol–water partition coefficient (Wildman–Crippen LogP) is 2.69. The van der Waals surface area contributed by atoms with E-state index in [9.17, 15) is 9.90 Å². The molecule has 1 aliphatic carbocycles. The Morgan fingerprint density at radius 2 is 2.00 bits per heavy atom. The monoisotopic (exact) mass is 374 g/mol. The van der Waals surface area contributed by atoms with Crippen molar-refractivity contribution in [3.8, 4) is 11.5 Å². The molecule has 0 spiro atoms. The number of methoxy groups -OCH3 is 2. The summed E-state index contributed by atoms with van der Waals surface area (Å²) >= 11 is 0. The van der Waals surface area contributed by atoms with E-state index in [0.29, 0.717) is 41.4 Å². The zero-order valence-corrected chi connectivity index (χ0v) is 16.4. The molecule has 0 bridgehead atoms. The third-order valence-corrected chi connectivity index (χ3v) is 5.10. The van der Waals surface area contributed by atoms with Gasteiger partial charge in [0.2, 0.25) is 0 Å². The summed E-state index contributed by atoms with van der Waals surface area (Å²) < 4.78 is 16.0. The van der Waals surface area contributed by atoms with E-state index < -0.39 is 5.60 Å². The molecule has 1 amide bonds. The van der Waals surface area contributed by atoms with Crippen LogP contribution in [-0.2, 0) is 12.0 Å². The first-order chi connectivity index (χ1) is 12.8. The maximum Gasteiger partial charge on any atom is 0.256 e. The minimum absolute atomic E-state index is 0.0407. The Kier molecular flexibility index (Phi) is 5.15. The standard InChI is InChI=1S/C20H26N2O5/c1-11(2)18-17(12(3)22-27-18)19(23)21-10-20(24)7-6-13-8-15(25-4)16(26-5)9-14(13)20/h8-9,11,24H,6-7,10H2,1-5H3,(H,21,23). The van der Waals surface area contributed by atoms with E-state index in [-0.39, 0.29) is 18.4 Å². The van der Waals surface area contributed by atoms with Gasteiger partial charge in [0, 0.05) is 5.92 Å². The van der Waals surface area contributed by atoms with Gasteiger partial charge in [-0.15, -0.1) is 0 Å². The average Bonchev–Trinajstić information content (AvgIpc) is 3.19. The summed E-state index contributed by atoms with van der Waals surface area (Å²) in [6.45, 7) is 5.71. The number of benzene rings is 1. The number of hydrogen-bond donors (Lipinski definition) is 2. The minimum Gasteiger partial charge on any atom is -0.493 e. The molecular formula is C20H26N2O5. The fourth-order valence-corrected chi connectivity index (χ4v) is 3.59. The number of aryl methyl sites for hydroxylation is 2. The van der Waals surface area contributed by atoms with Gasteiger partial charge in [-0.3, -0.25) is 4.79 Å². The van der Waals surface area contributed by atoms with Gasteiger partial charge in [-0.1, -0.05) is 19.0 Å². The van der Waals surface area contributed by atoms with Crippen LogP contribution in [0.15, 0.2) is 16.7 Å². The van der Waals surface area contributed by atoms with E-state index in [2.05, 4.69) is 10.5 Å². The molecule has 0 aliphatic heterocycles. The Morgan fingerprint density at radius 3 is 2.63 bits per heavy atom. The zero-order chi connectivity index (χ0) is 19.8. The normalized spacial score (nSPS) is 18.5. The zero-order valence-electron chi connectivity index (χ0n) is 16.4. The molecule has 0 fully saturated rings. The van der Waals surface area contributed by atoms with Crippen LogP contribution in [0.4, 0.5) is 0 Å². The first kappa shape index (κ1) is 19.2. The largest absolute Gasteiger partial charge is 0.493 e. The Bertz CT molecular complexity index is 858. The summed E-state index contributed by atoms with van der Waals surface area (Å²) in [5.74, 6) is 1.49. The number of nitrogens with one attached hydrogen (secondary N) is 1. The van der Waals surface area contributed by atoms with Gasteiger partial charge in [0.1, 0.15) is 11.2 Å². The van der Waals surface area contributed by atoms with Crippen LogP contribution in [0.1, 0.15) is 59.1 Å². The second kappa shape index (κ2) is 7.23. The van der Waals surface area contributed by atoms with Gasteiger partial charge in [0.25, 0.3) is 5.91 Å². The highest BCUT2D eigenvalue weighted by Crippen LogP contribution is 2.42. The van der Waals surface area contributed by atoms with Crippen molar-refractivity contribution >= 4 is 5.91 Å². The molecule has 3 rings (SSSR count). The molecule has 2 aromatic rings. The molecule has 0 saturated carbocycles. The average molecular weight is 374 g/mol. The molecule has 1 aromatic heterocycles. The van der Waals surface area contributed by atoms with Crippen LogP contribution in [0.5, 0.6) is 11.5 Å². The summed E-state index contributed by atoms with van der Waals surface area (Å²) in [5.41, 5.74) is 1.58. The molecule has 2 N–H and O–H groups in total. The van der Waals surface area contributed by atoms with Crippen LogP contribution in [-0.4, -0.2) is 36.9 Å². The Labute approximate surface area is 158 Å². The Balaban J connectivity index is 1.82. The van der Waals surface area contributed by atoms with Crippen LogP contribution in [0.2, 0.25) is 0 Å². The maximum absolute atomic E-state index is 12.7. The summed E-state index contributed by atoms with van der Waals surface area (Å²) in [5, 5.41) is 17.9. The molecule has 0 radical (unpaired) electrons. The lowest BCUT2D eigenvalue weighted by molar-refractivity contribution is 0.0367. The second-order valence-corrected chi connectivity index (χ2v) is 7.24. The fraction of sp³-hybridized carbons (Fsp3) is 0.500. The molecule has 7 nitrogen and oxygen atoms in total. The number of rotatable bonds is 6. The molecule has 7 heteroatoms. The van der Waals surface area contributed by atoms with Gasteiger partial charge in [-0.05, 0) is 43.0 Å². The Hall–Kier alpha value is -2.54. The predicted molar refractivity (Wildman–Crippen MR) is 99.4 cm³/mol. The number of amides is 1. The van der Waals surface area contributed by atoms with Crippen LogP contribution in [0.3, 0.4) is 0 Å². The van der Waals surface area contributed by atoms with Crippen molar-refractivity contribution in [2.75, 3.05) is 20.8 Å². The summed E-state index contributed by atoms with van der Waals surface area (Å²) in [4.78, 5) is 12.7. The topological polar surface area (TPSA) is 93.8 Å². The number of fused-ring (bicyclic) bond motifs is 1. The van der Waals surface area contributed by atoms with Gasteiger partial charge in [-0.2, -0.15) is 0 Å². The molecular weight excluding hydrogens is 348 g/mol. The van der Waals surface area contributed by atoms with E-state index in [1.54, 1.807) is 27.2 Å². The van der Waals surface area contributed by atoms with Crippen LogP contribution in [0.25, 0.3) is 0 Å². The van der Waals surface area contributed by atoms with Gasteiger partial charge >= 0.3 is 0 Å². The highest BCUT2D eigenvalue weighted by molar-refractivity contribution is 5.96. The van der Waals surface area contributed by atoms with E-state index >= 15 is 0 Å². The Morgan fingerprint density at radius 1 is 1.33 bits per heavy atom. The lowest BCUT2D eigenvalue weighted by atomic mass is 9.95. The van der Waals surface area contributed by atoms with Gasteiger partial charge in [0.15, 0.2) is 17.3 Å². The third-order valence-electron chi connectivity index (χ3n) is 5.10. The number of aliphatic hydroxyl groups is 1. The fourth-order valence-electron chi connectivity index (χ4n) is 3.59. The number of nitrogens with zero attached hydrogens (tertiary/aromatic N) is 1. The summed E-state index contributed by atoms with van der Waals surface area (Å²) in [6.07, 6.45) is 1.21. The number of carbonyl (C=O) groups excluding carboxylic acids is 1. The third kappa shape index (κ3) is 3.39. The van der Waals surface area contributed by atoms with Gasteiger partial charge in [-0.25, -0.2) is 0 Å². The molecule has 1 atom stereocenters. The highest BCUT2D eigenvalue weighted by Gasteiger charge is 2.38. The minimum atomic E-state index is -1.16. The highest BCUT2D eigenvalue weighted by atomic mass is 16.5. The molecule has 27 heavy (non-hydrogen) atoms. The van der Waals surface area contributed by atoms with E-state index in [4.69, 9.17) is 14.0 Å². The molecule has 1 heterocycles. The smallest absolute Gasteiger partial charge is 0.256 e. The SMILES string of the molecule is COc1cc2c(cc1OC)C(O)(CNC(=O)c1c(C)noc1C(C)C)CC2. The number of ether oxygens (including phenoxy) is 2. The maximum atomic E-state index is 12.7. The van der Waals surface area contributed by atoms with Crippen LogP contribution in [0, 0.1) is 6.92 Å². The van der Waals surface area contributed by atoms with Crippen LogP contribution < -0.4 is 14.8 Å². The summed E-state index contributed by atoms with van der Waals surface area (Å²) in [6, 6.07) is 3.67. The first-order valence-electron chi connectivity index (χ1n) is 9.03. The first-order valence-corrected chi connectivity index (χ1v) is 9.03. The molecule has 0 saturated heterocycles. The molecule has 1 aromatic carbocycles. The lowest BCUT2D eigenvalue weighted by Gasteiger charge is -2.25. The van der Waals surface area contributed by atoms with Crippen molar-refractivity contribution in [3.63, 3.8) is 0 Å². The number of aromatic nitrogens is 1. The quantitative estimate of drug-likeness (QED) is 0.807. The van der Waals surface area contributed by atoms with Crippen molar-refractivity contribution in [2.24, 2.45) is 0 Å². The molecule has 146 valence electrons. The number of hydrogen-bond acceptors (Lipinski definition) is 6. The van der Waals surface area contributed by atoms with E-state index in [1.807, 2.05) is 19.9 Å². The van der Waals surface area contributed by atoms with E-state index in [0.717, 1.165) is 11.1 Å². The van der Waals surface area contributed by atoms with Crippen LogP contribution >= 0.6 is 0 Å². The van der Waals surface area contributed by atoms with Crippen molar-refractivity contribution in [1.82, 2.24) is 10.5 Å². The molecule has 1 unspecified atom stereocenters.